The van der Waals surface area contributed by atoms with E-state index in [0.29, 0.717) is 48.7 Å². The Bertz CT molecular complexity index is 1330. The molecule has 1 fully saturated rings. The molecule has 1 atom stereocenters. The van der Waals surface area contributed by atoms with Gasteiger partial charge in [-0.25, -0.2) is 14.2 Å². The standard InChI is InChI=1S/C24H25ClN6O3/c1-16-13-29(10-11-30(16)24(32)34-14-17-6-4-3-5-7-17)23-26-20-12-18(25)8-9-19(20)22-28-27-21(15-33-2)31(22)23/h3-9,12,16H,10-11,13-15H2,1-2H3/t16-/m1/s1. The lowest BCUT2D eigenvalue weighted by atomic mass is 10.2. The SMILES string of the molecule is COCc1nnc2c3ccc(Cl)cc3nc(N3CCN(C(=O)OCc4ccccc4)[C@H](C)C3)n12. The van der Waals surface area contributed by atoms with E-state index in [1.54, 1.807) is 12.0 Å². The Balaban J connectivity index is 1.40. The zero-order valence-electron chi connectivity index (χ0n) is 19.0. The Hall–Kier alpha value is -3.43. The lowest BCUT2D eigenvalue weighted by molar-refractivity contribution is 0.0793. The number of hydrogen-bond donors (Lipinski definition) is 0. The molecule has 1 saturated heterocycles. The number of aromatic nitrogens is 4. The Morgan fingerprint density at radius 3 is 2.71 bits per heavy atom. The number of carbonyl (C=O) groups excluding carboxylic acids is 1. The highest BCUT2D eigenvalue weighted by molar-refractivity contribution is 6.31. The maximum absolute atomic E-state index is 12.8. The van der Waals surface area contributed by atoms with Gasteiger partial charge in [-0.1, -0.05) is 41.9 Å². The molecule has 5 rings (SSSR count). The zero-order chi connectivity index (χ0) is 23.7. The van der Waals surface area contributed by atoms with Crippen LogP contribution < -0.4 is 4.90 Å². The van der Waals surface area contributed by atoms with Crippen LogP contribution in [0.25, 0.3) is 16.6 Å². The fourth-order valence-electron chi connectivity index (χ4n) is 4.29. The summed E-state index contributed by atoms with van der Waals surface area (Å²) in [6, 6.07) is 15.1. The van der Waals surface area contributed by atoms with E-state index < -0.39 is 0 Å². The second-order valence-electron chi connectivity index (χ2n) is 8.31. The van der Waals surface area contributed by atoms with Crippen LogP contribution >= 0.6 is 11.6 Å². The summed E-state index contributed by atoms with van der Waals surface area (Å²) in [7, 11) is 1.62. The van der Waals surface area contributed by atoms with Crippen LogP contribution in [0.5, 0.6) is 0 Å². The summed E-state index contributed by atoms with van der Waals surface area (Å²) in [4.78, 5) is 21.6. The number of rotatable bonds is 5. The highest BCUT2D eigenvalue weighted by atomic mass is 35.5. The fourth-order valence-corrected chi connectivity index (χ4v) is 4.46. The number of nitrogens with zero attached hydrogens (tertiary/aromatic N) is 6. The van der Waals surface area contributed by atoms with Gasteiger partial charge in [-0.2, -0.15) is 0 Å². The van der Waals surface area contributed by atoms with Crippen molar-refractivity contribution in [1.82, 2.24) is 24.5 Å². The minimum absolute atomic E-state index is 0.0775. The highest BCUT2D eigenvalue weighted by Crippen LogP contribution is 2.28. The summed E-state index contributed by atoms with van der Waals surface area (Å²) >= 11 is 6.24. The number of carbonyl (C=O) groups is 1. The van der Waals surface area contributed by atoms with Gasteiger partial charge in [0.15, 0.2) is 11.5 Å². The Kier molecular flexibility index (Phi) is 6.21. The molecular formula is C24H25ClN6O3. The molecule has 1 amide bonds. The first-order valence-corrected chi connectivity index (χ1v) is 11.5. The zero-order valence-corrected chi connectivity index (χ0v) is 19.8. The van der Waals surface area contributed by atoms with Crippen molar-refractivity contribution >= 4 is 40.2 Å². The van der Waals surface area contributed by atoms with Gasteiger partial charge in [0.1, 0.15) is 13.2 Å². The summed E-state index contributed by atoms with van der Waals surface area (Å²) < 4.78 is 12.8. The van der Waals surface area contributed by atoms with Gasteiger partial charge in [0, 0.05) is 43.2 Å². The summed E-state index contributed by atoms with van der Waals surface area (Å²) in [6.45, 7) is 4.24. The highest BCUT2D eigenvalue weighted by Gasteiger charge is 2.31. The molecular weight excluding hydrogens is 456 g/mol. The average Bonchev–Trinajstić information content (AvgIpc) is 3.26. The van der Waals surface area contributed by atoms with Crippen molar-refractivity contribution in [3.8, 4) is 0 Å². The predicted molar refractivity (Wildman–Crippen MR) is 129 cm³/mol. The molecule has 0 saturated carbocycles. The van der Waals surface area contributed by atoms with Crippen molar-refractivity contribution in [2.24, 2.45) is 0 Å². The van der Waals surface area contributed by atoms with Crippen molar-refractivity contribution in [3.05, 3.63) is 64.9 Å². The van der Waals surface area contributed by atoms with Crippen LogP contribution in [-0.2, 0) is 22.7 Å². The van der Waals surface area contributed by atoms with Crippen molar-refractivity contribution in [2.45, 2.75) is 26.2 Å². The number of anilines is 1. The molecule has 1 aliphatic rings. The van der Waals surface area contributed by atoms with Gasteiger partial charge in [-0.15, -0.1) is 10.2 Å². The molecule has 9 nitrogen and oxygen atoms in total. The van der Waals surface area contributed by atoms with E-state index in [9.17, 15) is 4.79 Å². The Morgan fingerprint density at radius 2 is 1.94 bits per heavy atom. The van der Waals surface area contributed by atoms with Crippen molar-refractivity contribution in [3.63, 3.8) is 0 Å². The van der Waals surface area contributed by atoms with Crippen LogP contribution in [0, 0.1) is 0 Å². The Morgan fingerprint density at radius 1 is 1.12 bits per heavy atom. The Labute approximate surface area is 201 Å². The molecule has 176 valence electrons. The van der Waals surface area contributed by atoms with E-state index in [4.69, 9.17) is 26.1 Å². The number of hydrogen-bond acceptors (Lipinski definition) is 7. The maximum atomic E-state index is 12.8. The molecule has 2 aromatic heterocycles. The van der Waals surface area contributed by atoms with E-state index in [1.165, 1.54) is 0 Å². The van der Waals surface area contributed by atoms with Gasteiger partial charge in [0.2, 0.25) is 5.95 Å². The van der Waals surface area contributed by atoms with Gasteiger partial charge in [0.05, 0.1) is 5.52 Å². The number of halogens is 1. The fraction of sp³-hybridized carbons (Fsp3) is 0.333. The number of ether oxygens (including phenoxy) is 2. The average molecular weight is 481 g/mol. The van der Waals surface area contributed by atoms with Crippen molar-refractivity contribution in [1.29, 1.82) is 0 Å². The molecule has 0 aliphatic carbocycles. The molecule has 2 aromatic carbocycles. The third kappa shape index (κ3) is 4.24. The minimum atomic E-state index is -0.316. The normalized spacial score (nSPS) is 16.4. The molecule has 0 unspecified atom stereocenters. The van der Waals surface area contributed by atoms with Gasteiger partial charge < -0.3 is 19.3 Å². The van der Waals surface area contributed by atoms with Crippen LogP contribution in [0.3, 0.4) is 0 Å². The van der Waals surface area contributed by atoms with Crippen LogP contribution in [0.4, 0.5) is 10.7 Å². The van der Waals surface area contributed by atoms with Crippen molar-refractivity contribution < 1.29 is 14.3 Å². The second kappa shape index (κ2) is 9.44. The third-order valence-corrected chi connectivity index (χ3v) is 6.21. The molecule has 1 aliphatic heterocycles. The molecule has 0 N–H and O–H groups in total. The van der Waals surface area contributed by atoms with Crippen LogP contribution in [0.2, 0.25) is 5.02 Å². The lowest BCUT2D eigenvalue weighted by Gasteiger charge is -2.39. The molecule has 3 heterocycles. The van der Waals surface area contributed by atoms with Gasteiger partial charge in [-0.05, 0) is 30.7 Å². The molecule has 10 heteroatoms. The summed E-state index contributed by atoms with van der Waals surface area (Å²) in [6.07, 6.45) is -0.316. The number of amides is 1. The first-order chi connectivity index (χ1) is 16.5. The van der Waals surface area contributed by atoms with Crippen molar-refractivity contribution in [2.75, 3.05) is 31.6 Å². The van der Waals surface area contributed by atoms with E-state index >= 15 is 0 Å². The third-order valence-electron chi connectivity index (χ3n) is 5.97. The smallest absolute Gasteiger partial charge is 0.410 e. The monoisotopic (exact) mass is 480 g/mol. The lowest BCUT2D eigenvalue weighted by Crippen LogP contribution is -2.54. The van der Waals surface area contributed by atoms with E-state index in [0.717, 1.165) is 16.5 Å². The first-order valence-electron chi connectivity index (χ1n) is 11.1. The van der Waals surface area contributed by atoms with Crippen LogP contribution in [-0.4, -0.2) is 63.4 Å². The quantitative estimate of drug-likeness (QED) is 0.428. The molecule has 0 bridgehead atoms. The van der Waals surface area contributed by atoms with Crippen LogP contribution in [0.15, 0.2) is 48.5 Å². The molecule has 34 heavy (non-hydrogen) atoms. The molecule has 0 radical (unpaired) electrons. The predicted octanol–water partition coefficient (Wildman–Crippen LogP) is 3.92. The molecule has 4 aromatic rings. The van der Waals surface area contributed by atoms with E-state index in [2.05, 4.69) is 15.1 Å². The largest absolute Gasteiger partial charge is 0.445 e. The second-order valence-corrected chi connectivity index (χ2v) is 8.75. The van der Waals surface area contributed by atoms with Gasteiger partial charge in [-0.3, -0.25) is 0 Å². The number of methoxy groups -OCH3 is 1. The first kappa shape index (κ1) is 22.4. The van der Waals surface area contributed by atoms with Gasteiger partial charge >= 0.3 is 6.09 Å². The molecule has 0 spiro atoms. The number of piperazine rings is 1. The summed E-state index contributed by atoms with van der Waals surface area (Å²) in [5, 5.41) is 10.2. The van der Waals surface area contributed by atoms with Gasteiger partial charge in [0.25, 0.3) is 0 Å². The summed E-state index contributed by atoms with van der Waals surface area (Å²) in [5.74, 6) is 1.36. The maximum Gasteiger partial charge on any atom is 0.410 e. The van der Waals surface area contributed by atoms with E-state index in [1.807, 2.05) is 59.9 Å². The minimum Gasteiger partial charge on any atom is -0.445 e. The number of fused-ring (bicyclic) bond motifs is 3. The topological polar surface area (TPSA) is 85.1 Å². The van der Waals surface area contributed by atoms with E-state index in [-0.39, 0.29) is 18.7 Å². The summed E-state index contributed by atoms with van der Waals surface area (Å²) in [5.41, 5.74) is 2.40. The number of benzene rings is 2. The van der Waals surface area contributed by atoms with Crippen LogP contribution in [0.1, 0.15) is 18.3 Å².